The number of aryl methyl sites for hydroxylation is 1. The minimum atomic E-state index is -3.89. The van der Waals surface area contributed by atoms with Crippen molar-refractivity contribution in [1.82, 2.24) is 10.0 Å². The van der Waals surface area contributed by atoms with Crippen molar-refractivity contribution in [2.75, 3.05) is 34.0 Å². The van der Waals surface area contributed by atoms with Crippen molar-refractivity contribution in [3.63, 3.8) is 0 Å². The van der Waals surface area contributed by atoms with Gasteiger partial charge in [-0.05, 0) is 61.7 Å². The van der Waals surface area contributed by atoms with Gasteiger partial charge < -0.3 is 33.8 Å². The van der Waals surface area contributed by atoms with E-state index in [9.17, 15) is 18.0 Å². The summed E-state index contributed by atoms with van der Waals surface area (Å²) in [5, 5.41) is 6.73. The van der Waals surface area contributed by atoms with Crippen molar-refractivity contribution in [2.45, 2.75) is 69.3 Å². The van der Waals surface area contributed by atoms with Crippen molar-refractivity contribution in [3.05, 3.63) is 78.4 Å². The second kappa shape index (κ2) is 20.2. The zero-order valence-electron chi connectivity index (χ0n) is 28.6. The van der Waals surface area contributed by atoms with Crippen molar-refractivity contribution in [1.29, 1.82) is 0 Å². The van der Waals surface area contributed by atoms with Crippen LogP contribution in [0.3, 0.4) is 0 Å². The third kappa shape index (κ3) is 13.6. The fourth-order valence-electron chi connectivity index (χ4n) is 4.52. The van der Waals surface area contributed by atoms with Gasteiger partial charge in [-0.1, -0.05) is 54.9 Å². The zero-order valence-corrected chi connectivity index (χ0v) is 29.4. The molecular formula is C35H47N3O10S. The average molecular weight is 702 g/mol. The number of hydrogen-bond acceptors (Lipinski definition) is 11. The highest BCUT2D eigenvalue weighted by atomic mass is 32.2. The van der Waals surface area contributed by atoms with Gasteiger partial charge in [0.15, 0.2) is 0 Å². The lowest BCUT2D eigenvalue weighted by Gasteiger charge is -2.32. The maximum absolute atomic E-state index is 13.1. The molecule has 13 nitrogen and oxygen atoms in total. The van der Waals surface area contributed by atoms with E-state index in [1.165, 1.54) is 25.5 Å². The molecule has 49 heavy (non-hydrogen) atoms. The Labute approximate surface area is 288 Å². The number of sulfonamides is 1. The number of amides is 1. The lowest BCUT2D eigenvalue weighted by molar-refractivity contribution is -0.139. The monoisotopic (exact) mass is 701 g/mol. The van der Waals surface area contributed by atoms with Crippen molar-refractivity contribution in [2.24, 2.45) is 11.1 Å². The van der Waals surface area contributed by atoms with Crippen LogP contribution < -0.4 is 19.5 Å². The number of benzene rings is 2. The Morgan fingerprint density at radius 3 is 2.43 bits per heavy atom. The molecule has 1 heterocycles. The number of carbonyl (C=O) groups is 2. The molecule has 2 aromatic rings. The standard InChI is InChI=1S/C35H47N3O10S/c1-6-21-36-35(40)45-24-33-32(47-28-14-12-27(43-4)13-15-28)19-16-29(48-33)20-22-46-37-23-31(26(3)8-7-9-34(39)44-5)38-49(41,42)30-17-10-25(2)11-18-30/h7-8,10-19,23,26,29,31-33,38H,6,9,20-22,24H2,1-5H3,(H,36,40)/t26-,29+,31-,32+,33-/m1/s1. The van der Waals surface area contributed by atoms with Crippen LogP contribution in [0.15, 0.2) is 82.9 Å². The first kappa shape index (κ1) is 39.0. The van der Waals surface area contributed by atoms with Gasteiger partial charge in [-0.2, -0.15) is 0 Å². The summed E-state index contributed by atoms with van der Waals surface area (Å²) in [5.74, 6) is 0.484. The molecule has 14 heteroatoms. The molecule has 5 atom stereocenters. The molecule has 0 radical (unpaired) electrons. The summed E-state index contributed by atoms with van der Waals surface area (Å²) in [7, 11) is -1.01. The Hall–Kier alpha value is -4.40. The van der Waals surface area contributed by atoms with E-state index in [0.717, 1.165) is 12.0 Å². The normalized spacial score (nSPS) is 18.9. The first-order valence-corrected chi connectivity index (χ1v) is 17.6. The van der Waals surface area contributed by atoms with Gasteiger partial charge in [-0.3, -0.25) is 4.79 Å². The molecule has 0 unspecified atom stereocenters. The number of oxime groups is 1. The van der Waals surface area contributed by atoms with Gasteiger partial charge in [0, 0.05) is 13.0 Å². The van der Waals surface area contributed by atoms with E-state index in [4.69, 9.17) is 23.8 Å². The predicted octanol–water partition coefficient (Wildman–Crippen LogP) is 4.71. The number of rotatable bonds is 19. The van der Waals surface area contributed by atoms with E-state index in [-0.39, 0.29) is 30.4 Å². The molecule has 0 aliphatic carbocycles. The molecule has 3 rings (SSSR count). The summed E-state index contributed by atoms with van der Waals surface area (Å²) in [5.41, 5.74) is 0.929. The maximum Gasteiger partial charge on any atom is 0.407 e. The van der Waals surface area contributed by atoms with E-state index >= 15 is 0 Å². The molecule has 0 saturated heterocycles. The molecule has 2 aromatic carbocycles. The minimum absolute atomic E-state index is 0.0413. The van der Waals surface area contributed by atoms with Crippen LogP contribution in [0.2, 0.25) is 0 Å². The Bertz CT molecular complexity index is 1510. The van der Waals surface area contributed by atoms with E-state index < -0.39 is 46.4 Å². The smallest absolute Gasteiger partial charge is 0.407 e. The van der Waals surface area contributed by atoms with Crippen LogP contribution in [-0.2, 0) is 33.9 Å². The lowest BCUT2D eigenvalue weighted by atomic mass is 10.0. The van der Waals surface area contributed by atoms with Gasteiger partial charge in [0.2, 0.25) is 10.0 Å². The summed E-state index contributed by atoms with van der Waals surface area (Å²) in [4.78, 5) is 29.3. The number of nitrogens with zero attached hydrogens (tertiary/aromatic N) is 1. The van der Waals surface area contributed by atoms with Crippen LogP contribution in [0.1, 0.15) is 38.7 Å². The number of esters is 1. The van der Waals surface area contributed by atoms with Crippen LogP contribution in [-0.4, -0.2) is 85.0 Å². The van der Waals surface area contributed by atoms with Crippen LogP contribution in [0.5, 0.6) is 11.5 Å². The van der Waals surface area contributed by atoms with Gasteiger partial charge >= 0.3 is 12.1 Å². The topological polar surface area (TPSA) is 160 Å². The Morgan fingerprint density at radius 1 is 1.04 bits per heavy atom. The van der Waals surface area contributed by atoms with Crippen LogP contribution in [0, 0.1) is 12.8 Å². The molecule has 1 aliphatic heterocycles. The maximum atomic E-state index is 13.1. The van der Waals surface area contributed by atoms with Gasteiger partial charge in [0.05, 0.1) is 43.9 Å². The third-order valence-corrected chi connectivity index (χ3v) is 8.87. The minimum Gasteiger partial charge on any atom is -0.497 e. The van der Waals surface area contributed by atoms with E-state index in [1.807, 2.05) is 26.0 Å². The number of carbonyl (C=O) groups excluding carboxylic acids is 2. The van der Waals surface area contributed by atoms with Gasteiger partial charge in [-0.15, -0.1) is 0 Å². The highest BCUT2D eigenvalue weighted by molar-refractivity contribution is 7.89. The SMILES string of the molecule is CCCNC(=O)OC[C@H]1O[C@H](CCON=C[C@@H](NS(=O)(=O)c2ccc(C)cc2)[C@H](C)C=CCC(=O)OC)C=C[C@@H]1Oc1ccc(OC)cc1. The lowest BCUT2D eigenvalue weighted by Crippen LogP contribution is -2.43. The number of ether oxygens (including phenoxy) is 5. The average Bonchev–Trinajstić information content (AvgIpc) is 3.10. The number of hydrogen-bond donors (Lipinski definition) is 2. The molecule has 0 spiro atoms. The summed E-state index contributed by atoms with van der Waals surface area (Å²) >= 11 is 0. The predicted molar refractivity (Wildman–Crippen MR) is 184 cm³/mol. The fraction of sp³-hybridized carbons (Fsp3) is 0.457. The van der Waals surface area contributed by atoms with E-state index in [2.05, 4.69) is 19.9 Å². The fourth-order valence-corrected chi connectivity index (χ4v) is 5.78. The van der Waals surface area contributed by atoms with E-state index in [0.29, 0.717) is 24.5 Å². The molecule has 1 amide bonds. The van der Waals surface area contributed by atoms with E-state index in [1.54, 1.807) is 62.6 Å². The van der Waals surface area contributed by atoms with Gasteiger partial charge in [-0.25, -0.2) is 17.9 Å². The summed E-state index contributed by atoms with van der Waals surface area (Å²) in [6.07, 6.45) is 7.55. The molecule has 268 valence electrons. The Balaban J connectivity index is 1.64. The van der Waals surface area contributed by atoms with Crippen molar-refractivity contribution in [3.8, 4) is 11.5 Å². The number of alkyl carbamates (subject to hydrolysis) is 1. The van der Waals surface area contributed by atoms with Gasteiger partial charge in [0.25, 0.3) is 0 Å². The largest absolute Gasteiger partial charge is 0.497 e. The van der Waals surface area contributed by atoms with Crippen molar-refractivity contribution < 1.29 is 46.5 Å². The molecular weight excluding hydrogens is 654 g/mol. The molecule has 2 N–H and O–H groups in total. The molecule has 0 aromatic heterocycles. The second-order valence-corrected chi connectivity index (χ2v) is 13.0. The summed E-state index contributed by atoms with van der Waals surface area (Å²) in [6, 6.07) is 12.8. The van der Waals surface area contributed by atoms with Crippen LogP contribution in [0.25, 0.3) is 0 Å². The quantitative estimate of drug-likeness (QED) is 0.0691. The molecule has 1 aliphatic rings. The van der Waals surface area contributed by atoms with Crippen molar-refractivity contribution >= 4 is 28.3 Å². The van der Waals surface area contributed by atoms with Gasteiger partial charge in [0.1, 0.15) is 36.9 Å². The second-order valence-electron chi connectivity index (χ2n) is 11.3. The first-order chi connectivity index (χ1) is 23.5. The molecule has 0 fully saturated rings. The highest BCUT2D eigenvalue weighted by Gasteiger charge is 2.30. The Kier molecular flexibility index (Phi) is 16.1. The third-order valence-electron chi connectivity index (χ3n) is 7.39. The first-order valence-electron chi connectivity index (χ1n) is 16.1. The van der Waals surface area contributed by atoms with Crippen LogP contribution >= 0.6 is 0 Å². The molecule has 0 saturated carbocycles. The van der Waals surface area contributed by atoms with Crippen LogP contribution in [0.4, 0.5) is 4.79 Å². The zero-order chi connectivity index (χ0) is 35.6. The summed E-state index contributed by atoms with van der Waals surface area (Å²) < 4.78 is 56.6. The molecule has 0 bridgehead atoms. The Morgan fingerprint density at radius 2 is 1.76 bits per heavy atom. The highest BCUT2D eigenvalue weighted by Crippen LogP contribution is 2.24. The number of methoxy groups -OCH3 is 2. The number of nitrogens with one attached hydrogen (secondary N) is 2. The summed E-state index contributed by atoms with van der Waals surface area (Å²) in [6.45, 7) is 6.20.